The van der Waals surface area contributed by atoms with Gasteiger partial charge in [-0.3, -0.25) is 0 Å². The van der Waals surface area contributed by atoms with Gasteiger partial charge in [-0.15, -0.1) is 0 Å². The number of nitrogens with one attached hydrogen (secondary N) is 1. The number of rotatable bonds is 1. The first-order valence-electron chi connectivity index (χ1n) is 6.69. The Morgan fingerprint density at radius 3 is 2.80 bits per heavy atom. The zero-order chi connectivity index (χ0) is 14.3. The number of benzene rings is 1. The summed E-state index contributed by atoms with van der Waals surface area (Å²) in [7, 11) is 0. The highest BCUT2D eigenvalue weighted by molar-refractivity contribution is 5.76. The first-order valence-corrected chi connectivity index (χ1v) is 6.69. The molecule has 1 aromatic carbocycles. The molecule has 2 unspecified atom stereocenters. The van der Waals surface area contributed by atoms with E-state index in [0.717, 1.165) is 6.42 Å². The molecule has 20 heavy (non-hydrogen) atoms. The number of alkyl halides is 3. The molecule has 2 atom stereocenters. The van der Waals surface area contributed by atoms with Crippen LogP contribution in [0.1, 0.15) is 37.4 Å². The van der Waals surface area contributed by atoms with Crippen molar-refractivity contribution in [1.29, 1.82) is 0 Å². The molecule has 0 saturated heterocycles. The topological polar surface area (TPSA) is 48.9 Å². The van der Waals surface area contributed by atoms with Crippen LogP contribution in [0.15, 0.2) is 18.2 Å². The van der Waals surface area contributed by atoms with Crippen LogP contribution in [-0.4, -0.2) is 21.3 Å². The van der Waals surface area contributed by atoms with Crippen LogP contribution in [0.2, 0.25) is 0 Å². The summed E-state index contributed by atoms with van der Waals surface area (Å²) in [5, 5.41) is 9.40. The number of H-pyrrole nitrogens is 1. The lowest BCUT2D eigenvalue weighted by Crippen LogP contribution is -2.28. The van der Waals surface area contributed by atoms with Crippen LogP contribution in [0.5, 0.6) is 5.75 Å². The number of hydrogen-bond acceptors (Lipinski definition) is 2. The molecule has 0 aliphatic heterocycles. The number of phenolic OH excluding ortho intramolecular Hbond substituents is 1. The molecule has 6 heteroatoms. The highest BCUT2D eigenvalue weighted by atomic mass is 19.4. The van der Waals surface area contributed by atoms with E-state index in [1.54, 1.807) is 6.07 Å². The molecule has 2 aromatic rings. The second-order valence-electron chi connectivity index (χ2n) is 5.43. The van der Waals surface area contributed by atoms with Crippen molar-refractivity contribution in [2.75, 3.05) is 0 Å². The third kappa shape index (κ3) is 2.46. The number of aromatic nitrogens is 2. The van der Waals surface area contributed by atoms with E-state index in [9.17, 15) is 18.3 Å². The van der Waals surface area contributed by atoms with Gasteiger partial charge in [0.2, 0.25) is 0 Å². The average Bonchev–Trinajstić information content (AvgIpc) is 2.81. The lowest BCUT2D eigenvalue weighted by Gasteiger charge is -2.29. The van der Waals surface area contributed by atoms with Gasteiger partial charge >= 0.3 is 6.18 Å². The van der Waals surface area contributed by atoms with Crippen LogP contribution in [0.25, 0.3) is 11.0 Å². The van der Waals surface area contributed by atoms with Crippen molar-refractivity contribution >= 4 is 11.0 Å². The molecular weight excluding hydrogens is 269 g/mol. The number of hydrogen-bond donors (Lipinski definition) is 2. The minimum Gasteiger partial charge on any atom is -0.508 e. The standard InChI is InChI=1S/C14H15F3N2O/c15-14(16,17)9-3-1-2-8(6-9)13-18-11-5-4-10(20)7-12(11)19-13/h4-5,7-9,20H,1-3,6H2,(H,18,19). The number of nitrogens with zero attached hydrogens (tertiary/aromatic N) is 1. The highest BCUT2D eigenvalue weighted by Crippen LogP contribution is 2.43. The molecule has 2 N–H and O–H groups in total. The second kappa shape index (κ2) is 4.68. The average molecular weight is 284 g/mol. The van der Waals surface area contributed by atoms with E-state index in [1.807, 2.05) is 0 Å². The molecule has 0 spiro atoms. The van der Waals surface area contributed by atoms with Gasteiger partial charge < -0.3 is 10.1 Å². The van der Waals surface area contributed by atoms with Gasteiger partial charge in [0.1, 0.15) is 11.6 Å². The van der Waals surface area contributed by atoms with Crippen LogP contribution in [0.3, 0.4) is 0 Å². The quantitative estimate of drug-likeness (QED) is 0.828. The summed E-state index contributed by atoms with van der Waals surface area (Å²) in [6.07, 6.45) is -2.53. The molecule has 1 heterocycles. The summed E-state index contributed by atoms with van der Waals surface area (Å²) in [4.78, 5) is 7.40. The molecule has 3 nitrogen and oxygen atoms in total. The number of aromatic amines is 1. The fraction of sp³-hybridized carbons (Fsp3) is 0.500. The molecule has 1 aliphatic carbocycles. The van der Waals surface area contributed by atoms with Crippen LogP contribution in [0.4, 0.5) is 13.2 Å². The normalized spacial score (nSPS) is 24.1. The van der Waals surface area contributed by atoms with Crippen molar-refractivity contribution in [3.8, 4) is 5.75 Å². The molecule has 0 bridgehead atoms. The maximum absolute atomic E-state index is 12.8. The first kappa shape index (κ1) is 13.3. The Hall–Kier alpha value is -1.72. The van der Waals surface area contributed by atoms with Crippen LogP contribution < -0.4 is 0 Å². The van der Waals surface area contributed by atoms with Gasteiger partial charge in [-0.2, -0.15) is 13.2 Å². The zero-order valence-electron chi connectivity index (χ0n) is 10.7. The third-order valence-electron chi connectivity index (χ3n) is 4.01. The lowest BCUT2D eigenvalue weighted by molar-refractivity contribution is -0.183. The van der Waals surface area contributed by atoms with Crippen molar-refractivity contribution < 1.29 is 18.3 Å². The SMILES string of the molecule is Oc1ccc2nc(C3CCCC(C(F)(F)F)C3)[nH]c2c1. The number of fused-ring (bicyclic) bond motifs is 1. The van der Waals surface area contributed by atoms with E-state index >= 15 is 0 Å². The zero-order valence-corrected chi connectivity index (χ0v) is 10.7. The van der Waals surface area contributed by atoms with Crippen molar-refractivity contribution in [2.45, 2.75) is 37.8 Å². The maximum atomic E-state index is 12.8. The Morgan fingerprint density at radius 1 is 1.25 bits per heavy atom. The molecule has 1 aromatic heterocycles. The number of halogens is 3. The van der Waals surface area contributed by atoms with Gasteiger partial charge in [-0.05, 0) is 31.4 Å². The Bertz CT molecular complexity index is 620. The predicted molar refractivity (Wildman–Crippen MR) is 68.5 cm³/mol. The molecule has 1 fully saturated rings. The monoisotopic (exact) mass is 284 g/mol. The van der Waals surface area contributed by atoms with Crippen molar-refractivity contribution in [3.05, 3.63) is 24.0 Å². The second-order valence-corrected chi connectivity index (χ2v) is 5.43. The smallest absolute Gasteiger partial charge is 0.391 e. The van der Waals surface area contributed by atoms with Crippen LogP contribution in [0, 0.1) is 5.92 Å². The minimum atomic E-state index is -4.12. The molecule has 1 aliphatic rings. The van der Waals surface area contributed by atoms with E-state index in [1.165, 1.54) is 12.1 Å². The van der Waals surface area contributed by atoms with Gasteiger partial charge in [0.25, 0.3) is 0 Å². The van der Waals surface area contributed by atoms with E-state index in [2.05, 4.69) is 9.97 Å². The molecule has 3 rings (SSSR count). The summed E-state index contributed by atoms with van der Waals surface area (Å²) in [5.41, 5.74) is 1.33. The largest absolute Gasteiger partial charge is 0.508 e. The van der Waals surface area contributed by atoms with Gasteiger partial charge in [-0.25, -0.2) is 4.98 Å². The molecule has 0 amide bonds. The third-order valence-corrected chi connectivity index (χ3v) is 4.01. The molecule has 1 saturated carbocycles. The number of aromatic hydroxyl groups is 1. The van der Waals surface area contributed by atoms with Gasteiger partial charge in [0, 0.05) is 12.0 Å². The molecule has 108 valence electrons. The van der Waals surface area contributed by atoms with Crippen LogP contribution in [-0.2, 0) is 0 Å². The van der Waals surface area contributed by atoms with Crippen LogP contribution >= 0.6 is 0 Å². The lowest BCUT2D eigenvalue weighted by atomic mass is 9.80. The number of imidazole rings is 1. The van der Waals surface area contributed by atoms with E-state index in [-0.39, 0.29) is 24.5 Å². The Morgan fingerprint density at radius 2 is 2.05 bits per heavy atom. The summed E-state index contributed by atoms with van der Waals surface area (Å²) in [6, 6.07) is 4.72. The van der Waals surface area contributed by atoms with Crippen molar-refractivity contribution in [1.82, 2.24) is 9.97 Å². The summed E-state index contributed by atoms with van der Waals surface area (Å²) in [6.45, 7) is 0. The van der Waals surface area contributed by atoms with E-state index in [4.69, 9.17) is 0 Å². The van der Waals surface area contributed by atoms with Crippen molar-refractivity contribution in [3.63, 3.8) is 0 Å². The van der Waals surface area contributed by atoms with E-state index in [0.29, 0.717) is 23.3 Å². The predicted octanol–water partition coefficient (Wildman–Crippen LogP) is 4.10. The van der Waals surface area contributed by atoms with Crippen molar-refractivity contribution in [2.24, 2.45) is 5.92 Å². The maximum Gasteiger partial charge on any atom is 0.391 e. The molecule has 0 radical (unpaired) electrons. The summed E-state index contributed by atoms with van der Waals surface area (Å²) < 4.78 is 38.5. The van der Waals surface area contributed by atoms with Gasteiger partial charge in [-0.1, -0.05) is 6.42 Å². The Labute approximate surface area is 113 Å². The summed E-state index contributed by atoms with van der Waals surface area (Å²) >= 11 is 0. The van der Waals surface area contributed by atoms with E-state index < -0.39 is 12.1 Å². The van der Waals surface area contributed by atoms with Gasteiger partial charge in [0.05, 0.1) is 17.0 Å². The Balaban J connectivity index is 1.87. The highest BCUT2D eigenvalue weighted by Gasteiger charge is 2.42. The number of phenols is 1. The molecular formula is C14H15F3N2O. The minimum absolute atomic E-state index is 0.0926. The van der Waals surface area contributed by atoms with Gasteiger partial charge in [0.15, 0.2) is 0 Å². The fourth-order valence-electron chi connectivity index (χ4n) is 2.95. The summed E-state index contributed by atoms with van der Waals surface area (Å²) in [5.74, 6) is -0.711. The Kier molecular flexibility index (Phi) is 3.11. The fourth-order valence-corrected chi connectivity index (χ4v) is 2.95. The first-order chi connectivity index (χ1) is 9.43.